The molecule has 0 fully saturated rings. The van der Waals surface area contributed by atoms with E-state index in [1.807, 2.05) is 6.92 Å². The van der Waals surface area contributed by atoms with Crippen LogP contribution in [0.2, 0.25) is 5.02 Å². The number of anilines is 1. The summed E-state index contributed by atoms with van der Waals surface area (Å²) in [5.74, 6) is -2.29. The zero-order valence-corrected chi connectivity index (χ0v) is 10.8. The van der Waals surface area contributed by atoms with E-state index in [1.165, 1.54) is 0 Å². The molecular weight excluding hydrogens is 272 g/mol. The van der Waals surface area contributed by atoms with E-state index >= 15 is 0 Å². The van der Waals surface area contributed by atoms with Gasteiger partial charge >= 0.3 is 0 Å². The summed E-state index contributed by atoms with van der Waals surface area (Å²) >= 11 is 5.92. The van der Waals surface area contributed by atoms with Crippen LogP contribution in [0.4, 0.5) is 14.5 Å². The largest absolute Gasteiger partial charge is 0.322 e. The second-order valence-electron chi connectivity index (χ2n) is 4.04. The predicted octanol–water partition coefficient (Wildman–Crippen LogP) is 4.18. The molecule has 1 N–H and O–H groups in total. The summed E-state index contributed by atoms with van der Waals surface area (Å²) in [7, 11) is 0. The average molecular weight is 282 g/mol. The van der Waals surface area contributed by atoms with Gasteiger partial charge in [-0.25, -0.2) is 8.78 Å². The maximum Gasteiger partial charge on any atom is 0.258 e. The Morgan fingerprint density at radius 2 is 1.89 bits per heavy atom. The number of benzene rings is 2. The van der Waals surface area contributed by atoms with Crippen LogP contribution >= 0.6 is 11.6 Å². The molecule has 0 radical (unpaired) electrons. The predicted molar refractivity (Wildman–Crippen MR) is 70.5 cm³/mol. The van der Waals surface area contributed by atoms with Crippen LogP contribution in [0, 0.1) is 18.6 Å². The first-order valence-electron chi connectivity index (χ1n) is 5.50. The molecule has 2 aromatic rings. The number of amides is 1. The molecule has 2 aromatic carbocycles. The molecule has 98 valence electrons. The van der Waals surface area contributed by atoms with Crippen LogP contribution in [0.3, 0.4) is 0 Å². The van der Waals surface area contributed by atoms with E-state index in [4.69, 9.17) is 11.6 Å². The summed E-state index contributed by atoms with van der Waals surface area (Å²) in [6.07, 6.45) is 0. The average Bonchev–Trinajstić information content (AvgIpc) is 2.33. The standard InChI is InChI=1S/C14H10ClF2NO/c1-8-2-4-10(7-12(8)15)18-14(19)11-5-3-9(16)6-13(11)17/h2-7H,1H3,(H,18,19). The zero-order chi connectivity index (χ0) is 14.0. The number of aryl methyl sites for hydroxylation is 1. The Kier molecular flexibility index (Phi) is 3.81. The van der Waals surface area contributed by atoms with Crippen molar-refractivity contribution in [2.24, 2.45) is 0 Å². The fourth-order valence-electron chi connectivity index (χ4n) is 1.54. The number of rotatable bonds is 2. The Labute approximate surface area is 114 Å². The topological polar surface area (TPSA) is 29.1 Å². The monoisotopic (exact) mass is 281 g/mol. The minimum atomic E-state index is -0.907. The summed E-state index contributed by atoms with van der Waals surface area (Å²) in [5.41, 5.74) is 1.09. The molecule has 0 bridgehead atoms. The van der Waals surface area contributed by atoms with Gasteiger partial charge in [0.1, 0.15) is 11.6 Å². The Morgan fingerprint density at radius 3 is 2.53 bits per heavy atom. The SMILES string of the molecule is Cc1ccc(NC(=O)c2ccc(F)cc2F)cc1Cl. The van der Waals surface area contributed by atoms with Crippen LogP contribution in [-0.4, -0.2) is 5.91 Å². The van der Waals surface area contributed by atoms with Gasteiger partial charge in [-0.05, 0) is 36.8 Å². The molecule has 0 aromatic heterocycles. The van der Waals surface area contributed by atoms with Crippen molar-refractivity contribution in [1.29, 1.82) is 0 Å². The van der Waals surface area contributed by atoms with E-state index in [9.17, 15) is 13.6 Å². The first-order valence-corrected chi connectivity index (χ1v) is 5.88. The third-order valence-corrected chi connectivity index (χ3v) is 3.01. The normalized spacial score (nSPS) is 10.3. The highest BCUT2D eigenvalue weighted by molar-refractivity contribution is 6.31. The molecule has 0 unspecified atom stereocenters. The van der Waals surface area contributed by atoms with Crippen molar-refractivity contribution in [1.82, 2.24) is 0 Å². The molecule has 2 nitrogen and oxygen atoms in total. The maximum atomic E-state index is 13.4. The molecule has 1 amide bonds. The van der Waals surface area contributed by atoms with Crippen LogP contribution in [0.25, 0.3) is 0 Å². The lowest BCUT2D eigenvalue weighted by Gasteiger charge is -2.07. The maximum absolute atomic E-state index is 13.4. The lowest BCUT2D eigenvalue weighted by Crippen LogP contribution is -2.13. The van der Waals surface area contributed by atoms with E-state index in [0.717, 1.165) is 17.7 Å². The van der Waals surface area contributed by atoms with Crippen molar-refractivity contribution in [2.75, 3.05) is 5.32 Å². The summed E-state index contributed by atoms with van der Waals surface area (Å²) in [5, 5.41) is 3.00. The lowest BCUT2D eigenvalue weighted by atomic mass is 10.1. The molecule has 19 heavy (non-hydrogen) atoms. The Hall–Kier alpha value is -1.94. The van der Waals surface area contributed by atoms with Gasteiger partial charge in [0.15, 0.2) is 0 Å². The molecular formula is C14H10ClF2NO. The number of nitrogens with one attached hydrogen (secondary N) is 1. The number of carbonyl (C=O) groups excluding carboxylic acids is 1. The van der Waals surface area contributed by atoms with Gasteiger partial charge < -0.3 is 5.32 Å². The number of hydrogen-bond donors (Lipinski definition) is 1. The molecule has 0 spiro atoms. The molecule has 5 heteroatoms. The first kappa shape index (κ1) is 13.5. The van der Waals surface area contributed by atoms with E-state index in [-0.39, 0.29) is 5.56 Å². The van der Waals surface area contributed by atoms with Crippen LogP contribution < -0.4 is 5.32 Å². The molecule has 2 rings (SSSR count). The smallest absolute Gasteiger partial charge is 0.258 e. The van der Waals surface area contributed by atoms with E-state index in [0.29, 0.717) is 16.8 Å². The Morgan fingerprint density at radius 1 is 1.16 bits per heavy atom. The summed E-state index contributed by atoms with van der Waals surface area (Å²) in [6, 6.07) is 7.74. The highest BCUT2D eigenvalue weighted by Gasteiger charge is 2.12. The third kappa shape index (κ3) is 3.09. The number of halogens is 3. The van der Waals surface area contributed by atoms with Gasteiger partial charge in [-0.3, -0.25) is 4.79 Å². The van der Waals surface area contributed by atoms with Crippen LogP contribution in [0.1, 0.15) is 15.9 Å². The van der Waals surface area contributed by atoms with Gasteiger partial charge in [-0.15, -0.1) is 0 Å². The van der Waals surface area contributed by atoms with Crippen LogP contribution in [-0.2, 0) is 0 Å². The fraction of sp³-hybridized carbons (Fsp3) is 0.0714. The van der Waals surface area contributed by atoms with Gasteiger partial charge in [0.25, 0.3) is 5.91 Å². The number of hydrogen-bond acceptors (Lipinski definition) is 1. The summed E-state index contributed by atoms with van der Waals surface area (Å²) < 4.78 is 26.2. The van der Waals surface area contributed by atoms with Gasteiger partial charge in [0.2, 0.25) is 0 Å². The first-order chi connectivity index (χ1) is 8.97. The molecule has 0 saturated carbocycles. The Balaban J connectivity index is 2.23. The molecule has 0 atom stereocenters. The van der Waals surface area contributed by atoms with Gasteiger partial charge in [0, 0.05) is 16.8 Å². The van der Waals surface area contributed by atoms with Crippen molar-refractivity contribution in [3.8, 4) is 0 Å². The lowest BCUT2D eigenvalue weighted by molar-refractivity contribution is 0.102. The van der Waals surface area contributed by atoms with Crippen molar-refractivity contribution >= 4 is 23.2 Å². The van der Waals surface area contributed by atoms with Gasteiger partial charge in [-0.1, -0.05) is 17.7 Å². The van der Waals surface area contributed by atoms with Crippen LogP contribution in [0.15, 0.2) is 36.4 Å². The molecule has 0 aliphatic heterocycles. The van der Waals surface area contributed by atoms with Crippen molar-refractivity contribution in [3.05, 3.63) is 64.2 Å². The van der Waals surface area contributed by atoms with Crippen LogP contribution in [0.5, 0.6) is 0 Å². The third-order valence-electron chi connectivity index (χ3n) is 2.61. The van der Waals surface area contributed by atoms with Crippen molar-refractivity contribution < 1.29 is 13.6 Å². The van der Waals surface area contributed by atoms with Crippen molar-refractivity contribution in [2.45, 2.75) is 6.92 Å². The zero-order valence-electron chi connectivity index (χ0n) is 10.0. The quantitative estimate of drug-likeness (QED) is 0.879. The highest BCUT2D eigenvalue weighted by atomic mass is 35.5. The van der Waals surface area contributed by atoms with E-state index in [2.05, 4.69) is 5.32 Å². The molecule has 0 aliphatic carbocycles. The highest BCUT2D eigenvalue weighted by Crippen LogP contribution is 2.21. The molecule has 0 heterocycles. The second-order valence-corrected chi connectivity index (χ2v) is 4.45. The number of carbonyl (C=O) groups is 1. The Bertz CT molecular complexity index is 643. The summed E-state index contributed by atoms with van der Waals surface area (Å²) in [6.45, 7) is 1.83. The second kappa shape index (κ2) is 5.36. The fourth-order valence-corrected chi connectivity index (χ4v) is 1.72. The molecule has 0 aliphatic rings. The minimum absolute atomic E-state index is 0.224. The van der Waals surface area contributed by atoms with Crippen molar-refractivity contribution in [3.63, 3.8) is 0 Å². The minimum Gasteiger partial charge on any atom is -0.322 e. The van der Waals surface area contributed by atoms with E-state index in [1.54, 1.807) is 18.2 Å². The van der Waals surface area contributed by atoms with E-state index < -0.39 is 17.5 Å². The molecule has 0 saturated heterocycles. The van der Waals surface area contributed by atoms with Gasteiger partial charge in [0.05, 0.1) is 5.56 Å². The van der Waals surface area contributed by atoms with Gasteiger partial charge in [-0.2, -0.15) is 0 Å². The summed E-state index contributed by atoms with van der Waals surface area (Å²) in [4.78, 5) is 11.8.